The van der Waals surface area contributed by atoms with Gasteiger partial charge in [-0.1, -0.05) is 6.07 Å². The summed E-state index contributed by atoms with van der Waals surface area (Å²) in [6.07, 6.45) is 2.92. The second-order valence-corrected chi connectivity index (χ2v) is 8.54. The zero-order chi connectivity index (χ0) is 18.8. The first-order valence-corrected chi connectivity index (χ1v) is 10.4. The number of rotatable bonds is 6. The first-order chi connectivity index (χ1) is 12.4. The normalized spacial score (nSPS) is 20.1. The van der Waals surface area contributed by atoms with Crippen LogP contribution in [0.5, 0.6) is 0 Å². The lowest BCUT2D eigenvalue weighted by Gasteiger charge is -2.29. The van der Waals surface area contributed by atoms with Gasteiger partial charge >= 0.3 is 0 Å². The molecule has 140 valence electrons. The van der Waals surface area contributed by atoms with Gasteiger partial charge in [-0.2, -0.15) is 0 Å². The van der Waals surface area contributed by atoms with Crippen LogP contribution in [-0.4, -0.2) is 52.1 Å². The largest absolute Gasteiger partial charge is 0.362 e. The van der Waals surface area contributed by atoms with Crippen LogP contribution in [0.25, 0.3) is 0 Å². The monoisotopic (exact) mass is 483 g/mol. The highest BCUT2D eigenvalue weighted by atomic mass is 127. The van der Waals surface area contributed by atoms with Gasteiger partial charge in [-0.05, 0) is 87.8 Å². The fourth-order valence-corrected chi connectivity index (χ4v) is 4.83. The number of nitrogens with one attached hydrogen (secondary N) is 2. The van der Waals surface area contributed by atoms with E-state index in [9.17, 15) is 0 Å². The second kappa shape index (κ2) is 8.22. The molecule has 2 aromatic heterocycles. The van der Waals surface area contributed by atoms with E-state index < -0.39 is 0 Å². The molecule has 1 aliphatic heterocycles. The summed E-state index contributed by atoms with van der Waals surface area (Å²) in [4.78, 5) is 12.7. The predicted molar refractivity (Wildman–Crippen MR) is 118 cm³/mol. The zero-order valence-corrected chi connectivity index (χ0v) is 18.7. The number of thiocarbonyl (C=S) groups is 1. The molecule has 0 bridgehead atoms. The molecule has 0 radical (unpaired) electrons. The molecule has 0 unspecified atom stereocenters. The van der Waals surface area contributed by atoms with Gasteiger partial charge < -0.3 is 20.1 Å². The smallest absolute Gasteiger partial charge is 0.170 e. The first kappa shape index (κ1) is 19.6. The molecule has 1 fully saturated rings. The molecule has 3 rings (SSSR count). The van der Waals surface area contributed by atoms with E-state index in [1.165, 1.54) is 20.5 Å². The highest BCUT2D eigenvalue weighted by Gasteiger charge is 2.41. The van der Waals surface area contributed by atoms with E-state index in [4.69, 9.17) is 12.2 Å². The van der Waals surface area contributed by atoms with Gasteiger partial charge in [-0.3, -0.25) is 4.98 Å². The van der Waals surface area contributed by atoms with Crippen LogP contribution in [0.1, 0.15) is 41.1 Å². The Morgan fingerprint density at radius 3 is 2.62 bits per heavy atom. The van der Waals surface area contributed by atoms with Gasteiger partial charge in [-0.15, -0.1) is 0 Å². The molecule has 7 heteroatoms. The molecule has 0 aliphatic carbocycles. The van der Waals surface area contributed by atoms with E-state index in [0.29, 0.717) is 0 Å². The standard InChI is InChI=1S/C19H26IN5S/c1-12-15(16(20)13(2)22-12)18-17(14-8-5-6-9-21-14)23-19(26)25(18)11-7-10-24(3)4/h5-6,8-9,17-18,22H,7,10-11H2,1-4H3,(H,23,26)/t17-,18+/m0/s1. The number of pyridine rings is 1. The molecule has 26 heavy (non-hydrogen) atoms. The molecule has 2 aromatic rings. The van der Waals surface area contributed by atoms with Crippen molar-refractivity contribution in [3.8, 4) is 0 Å². The van der Waals surface area contributed by atoms with Crippen LogP contribution < -0.4 is 5.32 Å². The van der Waals surface area contributed by atoms with Crippen molar-refractivity contribution in [3.63, 3.8) is 0 Å². The van der Waals surface area contributed by atoms with E-state index in [-0.39, 0.29) is 12.1 Å². The predicted octanol–water partition coefficient (Wildman–Crippen LogP) is 3.56. The zero-order valence-electron chi connectivity index (χ0n) is 15.7. The van der Waals surface area contributed by atoms with Crippen molar-refractivity contribution in [1.29, 1.82) is 0 Å². The van der Waals surface area contributed by atoms with Gasteiger partial charge in [0, 0.05) is 33.3 Å². The van der Waals surface area contributed by atoms with E-state index in [1.807, 2.05) is 18.3 Å². The Morgan fingerprint density at radius 2 is 2.04 bits per heavy atom. The van der Waals surface area contributed by atoms with Crippen molar-refractivity contribution in [3.05, 3.63) is 50.6 Å². The lowest BCUT2D eigenvalue weighted by Crippen LogP contribution is -2.32. The van der Waals surface area contributed by atoms with Crippen molar-refractivity contribution in [2.24, 2.45) is 0 Å². The average Bonchev–Trinajstić information content (AvgIpc) is 3.04. The van der Waals surface area contributed by atoms with Crippen LogP contribution in [0.2, 0.25) is 0 Å². The molecule has 5 nitrogen and oxygen atoms in total. The van der Waals surface area contributed by atoms with Crippen molar-refractivity contribution in [2.75, 3.05) is 27.2 Å². The van der Waals surface area contributed by atoms with Crippen molar-refractivity contribution >= 4 is 39.9 Å². The minimum Gasteiger partial charge on any atom is -0.362 e. The average molecular weight is 483 g/mol. The van der Waals surface area contributed by atoms with Gasteiger partial charge in [0.1, 0.15) is 0 Å². The molecule has 2 atom stereocenters. The summed E-state index contributed by atoms with van der Waals surface area (Å²) in [5.41, 5.74) is 4.78. The van der Waals surface area contributed by atoms with Crippen LogP contribution in [0.4, 0.5) is 0 Å². The summed E-state index contributed by atoms with van der Waals surface area (Å²) in [7, 11) is 4.22. The number of H-pyrrole nitrogens is 1. The Labute approximate surface area is 174 Å². The Hall–Kier alpha value is -1.19. The first-order valence-electron chi connectivity index (χ1n) is 8.87. The molecule has 0 saturated carbocycles. The number of nitrogens with zero attached hydrogens (tertiary/aromatic N) is 3. The Balaban J connectivity index is 1.99. The van der Waals surface area contributed by atoms with Gasteiger partial charge in [0.15, 0.2) is 5.11 Å². The van der Waals surface area contributed by atoms with E-state index in [1.54, 1.807) is 0 Å². The molecule has 0 spiro atoms. The molecule has 1 aliphatic rings. The van der Waals surface area contributed by atoms with Gasteiger partial charge in [0.2, 0.25) is 0 Å². The van der Waals surface area contributed by atoms with Crippen LogP contribution >= 0.6 is 34.8 Å². The maximum Gasteiger partial charge on any atom is 0.170 e. The van der Waals surface area contributed by atoms with Crippen molar-refractivity contribution in [1.82, 2.24) is 25.1 Å². The highest BCUT2D eigenvalue weighted by Crippen LogP contribution is 2.42. The molecule has 2 N–H and O–H groups in total. The van der Waals surface area contributed by atoms with Crippen LogP contribution in [0.3, 0.4) is 0 Å². The number of aryl methyl sites for hydroxylation is 2. The summed E-state index contributed by atoms with van der Waals surface area (Å²) in [6.45, 7) is 6.25. The summed E-state index contributed by atoms with van der Waals surface area (Å²) >= 11 is 8.18. The molecular formula is C19H26IN5S. The lowest BCUT2D eigenvalue weighted by molar-refractivity contribution is 0.291. The minimum atomic E-state index is 0.0606. The maximum atomic E-state index is 5.73. The SMILES string of the molecule is Cc1[nH]c(C)c([C@@H]2[C@H](c3ccccn3)NC(=S)N2CCCN(C)C)c1I. The third-order valence-corrected chi connectivity index (χ3v) is 6.59. The van der Waals surface area contributed by atoms with E-state index in [2.05, 4.69) is 81.7 Å². The summed E-state index contributed by atoms with van der Waals surface area (Å²) in [5, 5.41) is 4.35. The fraction of sp³-hybridized carbons (Fsp3) is 0.474. The van der Waals surface area contributed by atoms with Crippen molar-refractivity contribution < 1.29 is 0 Å². The third-order valence-electron chi connectivity index (χ3n) is 4.84. The number of aromatic nitrogens is 2. The Morgan fingerprint density at radius 1 is 1.27 bits per heavy atom. The van der Waals surface area contributed by atoms with Gasteiger partial charge in [0.25, 0.3) is 0 Å². The van der Waals surface area contributed by atoms with E-state index in [0.717, 1.165) is 30.3 Å². The number of hydrogen-bond acceptors (Lipinski definition) is 3. The van der Waals surface area contributed by atoms with Crippen LogP contribution in [-0.2, 0) is 0 Å². The summed E-state index contributed by atoms with van der Waals surface area (Å²) in [6, 6.07) is 6.29. The highest BCUT2D eigenvalue weighted by molar-refractivity contribution is 14.1. The lowest BCUT2D eigenvalue weighted by atomic mass is 9.96. The van der Waals surface area contributed by atoms with Gasteiger partial charge in [-0.25, -0.2) is 0 Å². The molecular weight excluding hydrogens is 457 g/mol. The van der Waals surface area contributed by atoms with Crippen LogP contribution in [0.15, 0.2) is 24.4 Å². The molecule has 3 heterocycles. The fourth-order valence-electron chi connectivity index (χ4n) is 3.64. The molecule has 0 aromatic carbocycles. The van der Waals surface area contributed by atoms with Crippen molar-refractivity contribution in [2.45, 2.75) is 32.4 Å². The molecule has 1 saturated heterocycles. The summed E-state index contributed by atoms with van der Waals surface area (Å²) < 4.78 is 1.29. The number of halogens is 1. The van der Waals surface area contributed by atoms with E-state index >= 15 is 0 Å². The topological polar surface area (TPSA) is 47.2 Å². The minimum absolute atomic E-state index is 0.0606. The third kappa shape index (κ3) is 3.89. The Bertz CT molecular complexity index is 774. The Kier molecular flexibility index (Phi) is 6.19. The second-order valence-electron chi connectivity index (χ2n) is 7.08. The maximum absolute atomic E-state index is 5.73. The van der Waals surface area contributed by atoms with Gasteiger partial charge in [0.05, 0.1) is 17.8 Å². The van der Waals surface area contributed by atoms with Crippen LogP contribution in [0, 0.1) is 17.4 Å². The summed E-state index contributed by atoms with van der Waals surface area (Å²) in [5.74, 6) is 0. The quantitative estimate of drug-likeness (QED) is 0.486. The number of aromatic amines is 1. The molecule has 0 amide bonds. The number of hydrogen-bond donors (Lipinski definition) is 2.